The van der Waals surface area contributed by atoms with E-state index in [1.165, 1.54) is 13.2 Å². The van der Waals surface area contributed by atoms with Crippen LogP contribution in [0.4, 0.5) is 24.7 Å². The zero-order valence-electron chi connectivity index (χ0n) is 20.4. The van der Waals surface area contributed by atoms with E-state index in [0.29, 0.717) is 17.3 Å². The van der Waals surface area contributed by atoms with Crippen LogP contribution in [0.25, 0.3) is 16.8 Å². The summed E-state index contributed by atoms with van der Waals surface area (Å²) in [5.41, 5.74) is 5.01. The Morgan fingerprint density at radius 1 is 1.03 bits per heavy atom. The molecule has 0 unspecified atom stereocenters. The molecule has 4 rings (SSSR count). The molecule has 0 radical (unpaired) electrons. The van der Waals surface area contributed by atoms with E-state index >= 15 is 0 Å². The minimum absolute atomic E-state index is 0.103. The number of benzene rings is 2. The van der Waals surface area contributed by atoms with E-state index in [9.17, 15) is 23.1 Å². The van der Waals surface area contributed by atoms with E-state index in [0.717, 1.165) is 28.1 Å². The van der Waals surface area contributed by atoms with Crippen molar-refractivity contribution in [2.75, 3.05) is 12.4 Å². The molecule has 9 nitrogen and oxygen atoms in total. The highest BCUT2D eigenvalue weighted by atomic mass is 19.4. The molecule has 2 heterocycles. The Morgan fingerprint density at radius 3 is 2.26 bits per heavy atom. The van der Waals surface area contributed by atoms with Gasteiger partial charge in [-0.05, 0) is 49.7 Å². The molecule has 0 spiro atoms. The summed E-state index contributed by atoms with van der Waals surface area (Å²) in [6, 6.07) is 16.6. The van der Waals surface area contributed by atoms with Crippen LogP contribution in [0.2, 0.25) is 0 Å². The molecular weight excluding hydrogens is 505 g/mol. The zero-order chi connectivity index (χ0) is 28.0. The van der Waals surface area contributed by atoms with Crippen LogP contribution in [0.1, 0.15) is 21.6 Å². The van der Waals surface area contributed by atoms with Crippen LogP contribution < -0.4 is 10.1 Å². The van der Waals surface area contributed by atoms with Gasteiger partial charge in [-0.2, -0.15) is 18.3 Å². The number of aryl methyl sites for hydroxylation is 2. The number of aromatic carboxylic acids is 1. The van der Waals surface area contributed by atoms with E-state index in [1.807, 2.05) is 54.9 Å². The van der Waals surface area contributed by atoms with Gasteiger partial charge in [0.1, 0.15) is 11.6 Å². The van der Waals surface area contributed by atoms with E-state index in [4.69, 9.17) is 19.7 Å². The Morgan fingerprint density at radius 2 is 1.71 bits per heavy atom. The minimum Gasteiger partial charge on any atom is -0.497 e. The van der Waals surface area contributed by atoms with Gasteiger partial charge >= 0.3 is 18.1 Å². The van der Waals surface area contributed by atoms with Gasteiger partial charge in [-0.25, -0.2) is 14.3 Å². The largest absolute Gasteiger partial charge is 0.497 e. The van der Waals surface area contributed by atoms with Crippen LogP contribution in [0, 0.1) is 13.8 Å². The molecule has 2 aromatic carbocycles. The summed E-state index contributed by atoms with van der Waals surface area (Å²) in [7, 11) is 1.51. The monoisotopic (exact) mass is 528 g/mol. The summed E-state index contributed by atoms with van der Waals surface area (Å²) >= 11 is 0. The Labute approximate surface area is 215 Å². The van der Waals surface area contributed by atoms with Crippen LogP contribution in [-0.2, 0) is 4.79 Å². The van der Waals surface area contributed by atoms with Gasteiger partial charge in [-0.1, -0.05) is 24.3 Å². The second-order valence-electron chi connectivity index (χ2n) is 7.89. The van der Waals surface area contributed by atoms with Crippen molar-refractivity contribution in [3.63, 3.8) is 0 Å². The number of hydrogen-bond donors (Lipinski definition) is 3. The molecule has 0 saturated carbocycles. The number of para-hydroxylation sites is 1. The van der Waals surface area contributed by atoms with Crippen molar-refractivity contribution < 1.29 is 37.7 Å². The van der Waals surface area contributed by atoms with Crippen LogP contribution in [0.15, 0.2) is 67.0 Å². The summed E-state index contributed by atoms with van der Waals surface area (Å²) < 4.78 is 38.7. The number of anilines is 2. The molecular formula is C26H23F3N4O5. The highest BCUT2D eigenvalue weighted by Gasteiger charge is 2.38. The van der Waals surface area contributed by atoms with Gasteiger partial charge in [0, 0.05) is 23.5 Å². The van der Waals surface area contributed by atoms with Crippen molar-refractivity contribution in [1.82, 2.24) is 14.8 Å². The van der Waals surface area contributed by atoms with Gasteiger partial charge < -0.3 is 20.3 Å². The average Bonchev–Trinajstić information content (AvgIpc) is 3.20. The van der Waals surface area contributed by atoms with E-state index < -0.39 is 18.1 Å². The van der Waals surface area contributed by atoms with Crippen molar-refractivity contribution in [2.45, 2.75) is 20.0 Å². The molecule has 0 atom stereocenters. The summed E-state index contributed by atoms with van der Waals surface area (Å²) in [5, 5.41) is 25.0. The highest BCUT2D eigenvalue weighted by Crippen LogP contribution is 2.36. The van der Waals surface area contributed by atoms with Crippen LogP contribution in [0.5, 0.6) is 5.75 Å². The quantitative estimate of drug-likeness (QED) is 0.294. The number of aliphatic carboxylic acids is 1. The molecule has 0 aliphatic heterocycles. The predicted molar refractivity (Wildman–Crippen MR) is 133 cm³/mol. The number of nitrogens with one attached hydrogen (secondary N) is 1. The fourth-order valence-electron chi connectivity index (χ4n) is 3.54. The number of nitrogens with zero attached hydrogens (tertiary/aromatic N) is 3. The van der Waals surface area contributed by atoms with Gasteiger partial charge in [0.25, 0.3) is 0 Å². The van der Waals surface area contributed by atoms with E-state index in [-0.39, 0.29) is 5.56 Å². The molecule has 3 N–H and O–H groups in total. The first-order valence-corrected chi connectivity index (χ1v) is 11.0. The number of carbonyl (C=O) groups is 2. The number of carboxylic acid groups (broad SMARTS) is 2. The van der Waals surface area contributed by atoms with E-state index in [1.54, 1.807) is 24.5 Å². The zero-order valence-corrected chi connectivity index (χ0v) is 20.4. The number of alkyl halides is 3. The number of hydrogen-bond acceptors (Lipinski definition) is 6. The molecule has 2 aromatic heterocycles. The Balaban J connectivity index is 0.000000505. The maximum Gasteiger partial charge on any atom is 0.490 e. The molecule has 0 fully saturated rings. The lowest BCUT2D eigenvalue weighted by molar-refractivity contribution is -0.192. The molecule has 0 amide bonds. The number of halogens is 3. The first-order valence-electron chi connectivity index (χ1n) is 11.0. The average molecular weight is 528 g/mol. The summed E-state index contributed by atoms with van der Waals surface area (Å²) in [6.07, 6.45) is -1.60. The van der Waals surface area contributed by atoms with E-state index in [2.05, 4.69) is 10.3 Å². The third-order valence-electron chi connectivity index (χ3n) is 5.31. The number of pyridine rings is 1. The number of methoxy groups -OCH3 is 1. The molecule has 4 aromatic rings. The van der Waals surface area contributed by atoms with Gasteiger partial charge in [0.2, 0.25) is 0 Å². The topological polar surface area (TPSA) is 127 Å². The third kappa shape index (κ3) is 6.27. The fraction of sp³-hybridized carbons (Fsp3) is 0.154. The maximum atomic E-state index is 11.9. The van der Waals surface area contributed by atoms with Gasteiger partial charge in [-0.15, -0.1) is 0 Å². The molecule has 198 valence electrons. The first kappa shape index (κ1) is 27.7. The van der Waals surface area contributed by atoms with Gasteiger partial charge in [0.05, 0.1) is 29.7 Å². The molecule has 0 aliphatic rings. The predicted octanol–water partition coefficient (Wildman–Crippen LogP) is 5.63. The van der Waals surface area contributed by atoms with Crippen molar-refractivity contribution in [3.05, 3.63) is 83.8 Å². The molecule has 38 heavy (non-hydrogen) atoms. The molecule has 0 bridgehead atoms. The first-order chi connectivity index (χ1) is 17.9. The van der Waals surface area contributed by atoms with Crippen LogP contribution >= 0.6 is 0 Å². The maximum absolute atomic E-state index is 11.9. The van der Waals surface area contributed by atoms with Crippen LogP contribution in [0.3, 0.4) is 0 Å². The molecule has 0 saturated heterocycles. The standard InChI is InChI=1S/C24H22N4O3.C2HF3O2/c1-15-7-4-5-9-21(15)28-23(22(16(2)27-28)17-8-6-12-25-14-17)26-20-11-10-18(31-3)13-19(20)24(29)30;3-2(4,5)1(6)7/h4-14,26H,1-3H3,(H,29,30);(H,6,7). The summed E-state index contributed by atoms with van der Waals surface area (Å²) in [5.74, 6) is -2.68. The molecule has 12 heteroatoms. The van der Waals surface area contributed by atoms with Crippen molar-refractivity contribution >= 4 is 23.4 Å². The number of aromatic nitrogens is 3. The summed E-state index contributed by atoms with van der Waals surface area (Å²) in [6.45, 7) is 3.93. The lowest BCUT2D eigenvalue weighted by Crippen LogP contribution is -2.21. The van der Waals surface area contributed by atoms with Crippen molar-refractivity contribution in [2.24, 2.45) is 0 Å². The summed E-state index contributed by atoms with van der Waals surface area (Å²) in [4.78, 5) is 25.1. The van der Waals surface area contributed by atoms with Gasteiger partial charge in [0.15, 0.2) is 0 Å². The Hall–Kier alpha value is -4.87. The number of rotatable bonds is 6. The smallest absolute Gasteiger partial charge is 0.490 e. The highest BCUT2D eigenvalue weighted by molar-refractivity contribution is 5.96. The van der Waals surface area contributed by atoms with Crippen molar-refractivity contribution in [1.29, 1.82) is 0 Å². The van der Waals surface area contributed by atoms with Gasteiger partial charge in [-0.3, -0.25) is 4.98 Å². The third-order valence-corrected chi connectivity index (χ3v) is 5.31. The Bertz CT molecular complexity index is 1450. The lowest BCUT2D eigenvalue weighted by atomic mass is 10.1. The normalized spacial score (nSPS) is 10.8. The van der Waals surface area contributed by atoms with Crippen molar-refractivity contribution in [3.8, 4) is 22.6 Å². The Kier molecular flexibility index (Phi) is 8.36. The second-order valence-corrected chi connectivity index (χ2v) is 7.89. The van der Waals surface area contributed by atoms with Crippen LogP contribution in [-0.4, -0.2) is 50.2 Å². The SMILES string of the molecule is COc1ccc(Nc2c(-c3cccnc3)c(C)nn2-c2ccccc2C)c(C(=O)O)c1.O=C(O)C(F)(F)F. The molecule has 0 aliphatic carbocycles. The lowest BCUT2D eigenvalue weighted by Gasteiger charge is -2.16. The fourth-order valence-corrected chi connectivity index (χ4v) is 3.54. The minimum atomic E-state index is -5.08. The number of ether oxygens (including phenoxy) is 1. The number of carboxylic acids is 2. The second kappa shape index (κ2) is 11.5.